The molecule has 2 rings (SSSR count). The van der Waals surface area contributed by atoms with Crippen molar-refractivity contribution in [2.45, 2.75) is 24.6 Å². The number of methoxy groups -OCH3 is 1. The number of nitrogens with one attached hydrogen (secondary N) is 1. The fraction of sp³-hybridized carbons (Fsp3) is 0.538. The van der Waals surface area contributed by atoms with E-state index in [1.165, 1.54) is 5.56 Å². The van der Waals surface area contributed by atoms with Crippen LogP contribution in [0.2, 0.25) is 0 Å². The summed E-state index contributed by atoms with van der Waals surface area (Å²) in [6, 6.07) is 8.20. The number of rotatable bonds is 2. The van der Waals surface area contributed by atoms with Crippen molar-refractivity contribution >= 4 is 10.8 Å². The Hall–Kier alpha value is -0.870. The van der Waals surface area contributed by atoms with E-state index in [1.807, 2.05) is 24.3 Å². The first-order chi connectivity index (χ1) is 8.20. The monoisotopic (exact) mass is 253 g/mol. The van der Waals surface area contributed by atoms with Gasteiger partial charge in [0, 0.05) is 27.8 Å². The quantitative estimate of drug-likeness (QED) is 0.874. The van der Waals surface area contributed by atoms with Crippen LogP contribution < -0.4 is 10.1 Å². The molecular formula is C13H19NO2S. The first kappa shape index (κ1) is 12.6. The van der Waals surface area contributed by atoms with E-state index < -0.39 is 10.8 Å². The predicted octanol–water partition coefficient (Wildman–Crippen LogP) is 1.87. The van der Waals surface area contributed by atoms with E-state index >= 15 is 0 Å². The van der Waals surface area contributed by atoms with E-state index in [1.54, 1.807) is 7.11 Å². The van der Waals surface area contributed by atoms with Crippen molar-refractivity contribution in [1.29, 1.82) is 0 Å². The molecule has 4 heteroatoms. The highest BCUT2D eigenvalue weighted by Crippen LogP contribution is 2.21. The van der Waals surface area contributed by atoms with Crippen molar-refractivity contribution in [2.24, 2.45) is 0 Å². The van der Waals surface area contributed by atoms with Gasteiger partial charge < -0.3 is 10.1 Å². The molecule has 1 aromatic rings. The van der Waals surface area contributed by atoms with Gasteiger partial charge in [-0.25, -0.2) is 0 Å². The fourth-order valence-electron chi connectivity index (χ4n) is 2.03. The molecule has 3 nitrogen and oxygen atoms in total. The lowest BCUT2D eigenvalue weighted by Crippen LogP contribution is -2.23. The topological polar surface area (TPSA) is 38.3 Å². The Morgan fingerprint density at radius 3 is 2.71 bits per heavy atom. The van der Waals surface area contributed by atoms with Crippen LogP contribution in [-0.4, -0.2) is 28.9 Å². The van der Waals surface area contributed by atoms with Gasteiger partial charge in [-0.1, -0.05) is 19.1 Å². The summed E-state index contributed by atoms with van der Waals surface area (Å²) >= 11 is 0. The van der Waals surface area contributed by atoms with Crippen LogP contribution in [0.25, 0.3) is 0 Å². The maximum absolute atomic E-state index is 12.0. The molecule has 1 heterocycles. The fourth-order valence-corrected chi connectivity index (χ4v) is 3.38. The second-order valence-corrected chi connectivity index (χ2v) is 6.33. The molecule has 0 spiro atoms. The molecule has 17 heavy (non-hydrogen) atoms. The Kier molecular flexibility index (Phi) is 4.18. The average molecular weight is 253 g/mol. The van der Waals surface area contributed by atoms with Gasteiger partial charge in [-0.05, 0) is 30.7 Å². The molecule has 0 radical (unpaired) electrons. The summed E-state index contributed by atoms with van der Waals surface area (Å²) in [6.45, 7) is 3.00. The summed E-state index contributed by atoms with van der Waals surface area (Å²) in [4.78, 5) is 0. The van der Waals surface area contributed by atoms with Gasteiger partial charge in [0.1, 0.15) is 5.75 Å². The van der Waals surface area contributed by atoms with Gasteiger partial charge in [0.15, 0.2) is 0 Å². The molecule has 1 aromatic carbocycles. The van der Waals surface area contributed by atoms with Crippen molar-refractivity contribution in [3.05, 3.63) is 29.8 Å². The molecule has 1 N–H and O–H groups in total. The zero-order valence-corrected chi connectivity index (χ0v) is 11.1. The van der Waals surface area contributed by atoms with E-state index in [-0.39, 0.29) is 6.04 Å². The minimum absolute atomic E-state index is 0.201. The summed E-state index contributed by atoms with van der Waals surface area (Å²) in [5, 5.41) is 3.76. The summed E-state index contributed by atoms with van der Waals surface area (Å²) in [5.74, 6) is 1.56. The van der Waals surface area contributed by atoms with Crippen molar-refractivity contribution in [3.8, 4) is 5.75 Å². The second kappa shape index (κ2) is 5.65. The van der Waals surface area contributed by atoms with Crippen LogP contribution in [-0.2, 0) is 10.8 Å². The molecule has 0 amide bonds. The third-order valence-electron chi connectivity index (χ3n) is 3.24. The first-order valence-electron chi connectivity index (χ1n) is 5.95. The molecule has 1 fully saturated rings. The van der Waals surface area contributed by atoms with Crippen LogP contribution in [0.1, 0.15) is 24.9 Å². The van der Waals surface area contributed by atoms with Crippen LogP contribution >= 0.6 is 0 Å². The Morgan fingerprint density at radius 1 is 1.35 bits per heavy atom. The number of benzene rings is 1. The van der Waals surface area contributed by atoms with E-state index in [2.05, 4.69) is 12.2 Å². The summed E-state index contributed by atoms with van der Waals surface area (Å²) in [7, 11) is 0.929. The lowest BCUT2D eigenvalue weighted by Gasteiger charge is -2.16. The lowest BCUT2D eigenvalue weighted by atomic mass is 10.1. The standard InChI is InChI=1S/C13H19NO2S/c1-10-7-8-14-13(9-17(10)15)11-3-5-12(16-2)6-4-11/h3-6,10,13-14H,7-9H2,1-2H3. The van der Waals surface area contributed by atoms with Gasteiger partial charge in [-0.15, -0.1) is 0 Å². The number of hydrogen-bond donors (Lipinski definition) is 1. The normalized spacial score (nSPS) is 29.6. The molecule has 1 aliphatic rings. The van der Waals surface area contributed by atoms with Gasteiger partial charge in [0.2, 0.25) is 0 Å². The van der Waals surface area contributed by atoms with Gasteiger partial charge in [0.05, 0.1) is 7.11 Å². The first-order valence-corrected chi connectivity index (χ1v) is 7.33. The molecule has 1 saturated heterocycles. The van der Waals surface area contributed by atoms with Crippen LogP contribution in [0.15, 0.2) is 24.3 Å². The maximum atomic E-state index is 12.0. The molecule has 3 atom stereocenters. The molecule has 0 aliphatic carbocycles. The summed E-state index contributed by atoms with van der Waals surface area (Å²) in [5.41, 5.74) is 1.19. The van der Waals surface area contributed by atoms with E-state index in [4.69, 9.17) is 4.74 Å². The summed E-state index contributed by atoms with van der Waals surface area (Å²) in [6.07, 6.45) is 0.985. The minimum Gasteiger partial charge on any atom is -0.497 e. The number of ether oxygens (including phenoxy) is 1. The zero-order chi connectivity index (χ0) is 12.3. The van der Waals surface area contributed by atoms with E-state index in [9.17, 15) is 4.21 Å². The van der Waals surface area contributed by atoms with Crippen molar-refractivity contribution in [3.63, 3.8) is 0 Å². The van der Waals surface area contributed by atoms with Crippen LogP contribution in [0, 0.1) is 0 Å². The predicted molar refractivity (Wildman–Crippen MR) is 70.8 cm³/mol. The van der Waals surface area contributed by atoms with Gasteiger partial charge in [0.25, 0.3) is 0 Å². The largest absolute Gasteiger partial charge is 0.497 e. The zero-order valence-electron chi connectivity index (χ0n) is 10.3. The van der Waals surface area contributed by atoms with Gasteiger partial charge >= 0.3 is 0 Å². The Bertz CT molecular complexity index is 391. The van der Waals surface area contributed by atoms with Crippen LogP contribution in [0.3, 0.4) is 0 Å². The molecule has 0 bridgehead atoms. The average Bonchev–Trinajstić information content (AvgIpc) is 2.52. The number of hydrogen-bond acceptors (Lipinski definition) is 3. The van der Waals surface area contributed by atoms with E-state index in [0.29, 0.717) is 11.0 Å². The Labute approximate surface area is 105 Å². The van der Waals surface area contributed by atoms with Crippen LogP contribution in [0.5, 0.6) is 5.75 Å². The Morgan fingerprint density at radius 2 is 2.06 bits per heavy atom. The van der Waals surface area contributed by atoms with Crippen molar-refractivity contribution in [1.82, 2.24) is 5.32 Å². The van der Waals surface area contributed by atoms with Gasteiger partial charge in [-0.2, -0.15) is 0 Å². The highest BCUT2D eigenvalue weighted by molar-refractivity contribution is 7.85. The van der Waals surface area contributed by atoms with Gasteiger partial charge in [-0.3, -0.25) is 4.21 Å². The molecule has 94 valence electrons. The molecule has 0 aromatic heterocycles. The highest BCUT2D eigenvalue weighted by Gasteiger charge is 2.22. The van der Waals surface area contributed by atoms with Crippen molar-refractivity contribution in [2.75, 3.05) is 19.4 Å². The third-order valence-corrected chi connectivity index (χ3v) is 5.03. The Balaban J connectivity index is 2.12. The molecule has 0 saturated carbocycles. The van der Waals surface area contributed by atoms with E-state index in [0.717, 1.165) is 18.7 Å². The molecular weight excluding hydrogens is 234 g/mol. The smallest absolute Gasteiger partial charge is 0.118 e. The van der Waals surface area contributed by atoms with Crippen LogP contribution in [0.4, 0.5) is 0 Å². The lowest BCUT2D eigenvalue weighted by molar-refractivity contribution is 0.414. The summed E-state index contributed by atoms with van der Waals surface area (Å²) < 4.78 is 17.1. The SMILES string of the molecule is COc1ccc(C2CS(=O)C(C)CCN2)cc1. The molecule has 3 unspecified atom stereocenters. The second-order valence-electron chi connectivity index (χ2n) is 4.43. The maximum Gasteiger partial charge on any atom is 0.118 e. The molecule has 1 aliphatic heterocycles. The third kappa shape index (κ3) is 3.07. The minimum atomic E-state index is -0.734. The highest BCUT2D eigenvalue weighted by atomic mass is 32.2. The van der Waals surface area contributed by atoms with Crippen molar-refractivity contribution < 1.29 is 8.95 Å².